The van der Waals surface area contributed by atoms with Crippen LogP contribution in [0.5, 0.6) is 5.88 Å². The zero-order chi connectivity index (χ0) is 12.8. The second-order valence-electron chi connectivity index (χ2n) is 3.66. The summed E-state index contributed by atoms with van der Waals surface area (Å²) in [6.45, 7) is 1.87. The molecule has 2 aromatic rings. The second-order valence-corrected chi connectivity index (χ2v) is 3.66. The summed E-state index contributed by atoms with van der Waals surface area (Å²) >= 11 is 0. The lowest BCUT2D eigenvalue weighted by Gasteiger charge is -2.03. The van der Waals surface area contributed by atoms with Gasteiger partial charge in [-0.15, -0.1) is 0 Å². The first-order valence-corrected chi connectivity index (χ1v) is 5.52. The van der Waals surface area contributed by atoms with Crippen LogP contribution in [-0.4, -0.2) is 23.3 Å². The van der Waals surface area contributed by atoms with Crippen LogP contribution in [0.15, 0.2) is 41.5 Å². The van der Waals surface area contributed by atoms with Crippen molar-refractivity contribution in [2.45, 2.75) is 6.92 Å². The van der Waals surface area contributed by atoms with Crippen molar-refractivity contribution in [2.24, 2.45) is 5.10 Å². The third-order valence-corrected chi connectivity index (χ3v) is 2.22. The highest BCUT2D eigenvalue weighted by Gasteiger charge is 2.00. The third-order valence-electron chi connectivity index (χ3n) is 2.22. The molecule has 5 heteroatoms. The van der Waals surface area contributed by atoms with Crippen LogP contribution in [0.3, 0.4) is 0 Å². The molecule has 0 aliphatic heterocycles. The molecule has 0 saturated heterocycles. The molecule has 1 aromatic carbocycles. The lowest BCUT2D eigenvalue weighted by atomic mass is 10.2. The molecule has 0 aliphatic carbocycles. The monoisotopic (exact) mass is 242 g/mol. The average molecular weight is 242 g/mol. The molecule has 0 radical (unpaired) electrons. The number of ether oxygens (including phenoxy) is 1. The van der Waals surface area contributed by atoms with Gasteiger partial charge in [0, 0.05) is 11.8 Å². The molecule has 1 heterocycles. The summed E-state index contributed by atoms with van der Waals surface area (Å²) in [6, 6.07) is 11.5. The third kappa shape index (κ3) is 3.28. The highest BCUT2D eigenvalue weighted by atomic mass is 16.5. The average Bonchev–Trinajstić information content (AvgIpc) is 2.39. The standard InChI is InChI=1S/C13H14N4O/c1-10-8-12(18-2)16-13(15-10)17-14-9-11-6-4-3-5-7-11/h3-9H,1-2H3,(H,15,16,17)/b14-9+. The fourth-order valence-corrected chi connectivity index (χ4v) is 1.40. The summed E-state index contributed by atoms with van der Waals surface area (Å²) in [5.74, 6) is 0.930. The largest absolute Gasteiger partial charge is 0.481 e. The Balaban J connectivity index is 2.06. The molecule has 18 heavy (non-hydrogen) atoms. The van der Waals surface area contributed by atoms with Gasteiger partial charge in [0.2, 0.25) is 11.8 Å². The van der Waals surface area contributed by atoms with E-state index in [1.54, 1.807) is 19.4 Å². The highest BCUT2D eigenvalue weighted by molar-refractivity contribution is 5.79. The van der Waals surface area contributed by atoms with E-state index < -0.39 is 0 Å². The van der Waals surface area contributed by atoms with Gasteiger partial charge in [-0.05, 0) is 12.5 Å². The molecule has 0 atom stereocenters. The minimum Gasteiger partial charge on any atom is -0.481 e. The molecule has 0 saturated carbocycles. The first kappa shape index (κ1) is 12.0. The van der Waals surface area contributed by atoms with Crippen molar-refractivity contribution in [1.82, 2.24) is 9.97 Å². The van der Waals surface area contributed by atoms with Crippen LogP contribution in [0.4, 0.5) is 5.95 Å². The van der Waals surface area contributed by atoms with Gasteiger partial charge in [0.05, 0.1) is 13.3 Å². The predicted octanol–water partition coefficient (Wildman–Crippen LogP) is 2.24. The Bertz CT molecular complexity index is 540. The van der Waals surface area contributed by atoms with Gasteiger partial charge in [-0.3, -0.25) is 0 Å². The molecule has 92 valence electrons. The van der Waals surface area contributed by atoms with Crippen molar-refractivity contribution < 1.29 is 4.74 Å². The summed E-state index contributed by atoms with van der Waals surface area (Å²) in [5, 5.41) is 4.07. The maximum absolute atomic E-state index is 5.06. The zero-order valence-corrected chi connectivity index (χ0v) is 10.3. The molecule has 2 rings (SSSR count). The number of hydrogen-bond donors (Lipinski definition) is 1. The van der Waals surface area contributed by atoms with Crippen molar-refractivity contribution in [1.29, 1.82) is 0 Å². The second kappa shape index (κ2) is 5.77. The Morgan fingerprint density at radius 2 is 2.00 bits per heavy atom. The Kier molecular flexibility index (Phi) is 3.86. The molecule has 0 spiro atoms. The highest BCUT2D eigenvalue weighted by Crippen LogP contribution is 2.10. The van der Waals surface area contributed by atoms with Crippen LogP contribution in [-0.2, 0) is 0 Å². The van der Waals surface area contributed by atoms with Crippen LogP contribution in [0, 0.1) is 6.92 Å². The molecule has 0 bridgehead atoms. The number of benzene rings is 1. The fourth-order valence-electron chi connectivity index (χ4n) is 1.40. The molecule has 5 nitrogen and oxygen atoms in total. The normalized spacial score (nSPS) is 10.6. The zero-order valence-electron chi connectivity index (χ0n) is 10.3. The maximum atomic E-state index is 5.06. The molecule has 0 fully saturated rings. The van der Waals surface area contributed by atoms with Gasteiger partial charge in [0.15, 0.2) is 0 Å². The number of aryl methyl sites for hydroxylation is 1. The Morgan fingerprint density at radius 3 is 2.72 bits per heavy atom. The van der Waals surface area contributed by atoms with E-state index in [-0.39, 0.29) is 0 Å². The van der Waals surface area contributed by atoms with Crippen molar-refractivity contribution >= 4 is 12.2 Å². The van der Waals surface area contributed by atoms with E-state index in [0.29, 0.717) is 11.8 Å². The number of hydrazone groups is 1. The maximum Gasteiger partial charge on any atom is 0.247 e. The summed E-state index contributed by atoms with van der Waals surface area (Å²) in [4.78, 5) is 8.32. The van der Waals surface area contributed by atoms with E-state index in [1.165, 1.54) is 0 Å². The lowest BCUT2D eigenvalue weighted by molar-refractivity contribution is 0.397. The molecule has 1 aromatic heterocycles. The van der Waals surface area contributed by atoms with Crippen LogP contribution < -0.4 is 10.2 Å². The molecular formula is C13H14N4O. The van der Waals surface area contributed by atoms with E-state index in [1.807, 2.05) is 37.3 Å². The first-order chi connectivity index (χ1) is 8.78. The molecule has 1 N–H and O–H groups in total. The number of rotatable bonds is 4. The van der Waals surface area contributed by atoms with Crippen LogP contribution in [0.2, 0.25) is 0 Å². The lowest BCUT2D eigenvalue weighted by Crippen LogP contribution is -2.00. The summed E-state index contributed by atoms with van der Waals surface area (Å²) in [6.07, 6.45) is 1.71. The van der Waals surface area contributed by atoms with Crippen LogP contribution >= 0.6 is 0 Å². The summed E-state index contributed by atoms with van der Waals surface area (Å²) in [5.41, 5.74) is 4.60. The van der Waals surface area contributed by atoms with Gasteiger partial charge < -0.3 is 4.74 Å². The van der Waals surface area contributed by atoms with Crippen LogP contribution in [0.1, 0.15) is 11.3 Å². The van der Waals surface area contributed by atoms with Crippen LogP contribution in [0.25, 0.3) is 0 Å². The van der Waals surface area contributed by atoms with Gasteiger partial charge >= 0.3 is 0 Å². The fraction of sp³-hybridized carbons (Fsp3) is 0.154. The van der Waals surface area contributed by atoms with Crippen molar-refractivity contribution in [2.75, 3.05) is 12.5 Å². The Labute approximate surface area is 106 Å². The topological polar surface area (TPSA) is 59.4 Å². The minimum absolute atomic E-state index is 0.416. The smallest absolute Gasteiger partial charge is 0.247 e. The Morgan fingerprint density at radius 1 is 1.22 bits per heavy atom. The van der Waals surface area contributed by atoms with Crippen molar-refractivity contribution in [3.05, 3.63) is 47.7 Å². The minimum atomic E-state index is 0.416. The van der Waals surface area contributed by atoms with Crippen molar-refractivity contribution in [3.63, 3.8) is 0 Å². The Hall–Kier alpha value is -2.43. The van der Waals surface area contributed by atoms with E-state index >= 15 is 0 Å². The number of aromatic nitrogens is 2. The number of hydrogen-bond acceptors (Lipinski definition) is 5. The van der Waals surface area contributed by atoms with E-state index in [4.69, 9.17) is 4.74 Å². The van der Waals surface area contributed by atoms with Gasteiger partial charge in [0.1, 0.15) is 0 Å². The van der Waals surface area contributed by atoms with Gasteiger partial charge in [0.25, 0.3) is 0 Å². The quantitative estimate of drug-likeness (QED) is 0.659. The predicted molar refractivity (Wildman–Crippen MR) is 71.0 cm³/mol. The van der Waals surface area contributed by atoms with E-state index in [2.05, 4.69) is 20.5 Å². The number of anilines is 1. The van der Waals surface area contributed by atoms with Gasteiger partial charge in [-0.25, -0.2) is 10.4 Å². The SMILES string of the molecule is COc1cc(C)nc(N/N=C/c2ccccc2)n1. The molecule has 0 aliphatic rings. The van der Waals surface area contributed by atoms with Crippen molar-refractivity contribution in [3.8, 4) is 5.88 Å². The summed E-state index contributed by atoms with van der Waals surface area (Å²) in [7, 11) is 1.57. The molecule has 0 amide bonds. The number of nitrogens with zero attached hydrogens (tertiary/aromatic N) is 3. The van der Waals surface area contributed by atoms with Gasteiger partial charge in [-0.1, -0.05) is 30.3 Å². The van der Waals surface area contributed by atoms with Gasteiger partial charge in [-0.2, -0.15) is 10.1 Å². The number of methoxy groups -OCH3 is 1. The molecular weight excluding hydrogens is 228 g/mol. The summed E-state index contributed by atoms with van der Waals surface area (Å²) < 4.78 is 5.06. The number of nitrogens with one attached hydrogen (secondary N) is 1. The first-order valence-electron chi connectivity index (χ1n) is 5.52. The van der Waals surface area contributed by atoms with E-state index in [9.17, 15) is 0 Å². The van der Waals surface area contributed by atoms with E-state index in [0.717, 1.165) is 11.3 Å². The molecule has 0 unspecified atom stereocenters.